The zero-order chi connectivity index (χ0) is 23.8. The number of fused-ring (bicyclic) bond motifs is 1. The van der Waals surface area contributed by atoms with E-state index < -0.39 is 12.2 Å². The van der Waals surface area contributed by atoms with Gasteiger partial charge < -0.3 is 14.9 Å². The van der Waals surface area contributed by atoms with Gasteiger partial charge in [-0.05, 0) is 78.8 Å². The molecular weight excluding hydrogens is 410 g/mol. The summed E-state index contributed by atoms with van der Waals surface area (Å²) in [4.78, 5) is 2.71. The van der Waals surface area contributed by atoms with Crippen LogP contribution in [-0.2, 0) is 4.74 Å². The molecule has 4 heteroatoms. The van der Waals surface area contributed by atoms with Crippen LogP contribution < -0.4 is 0 Å². The van der Waals surface area contributed by atoms with Gasteiger partial charge in [0.25, 0.3) is 0 Å². The molecule has 3 saturated carbocycles. The smallest absolute Gasteiger partial charge is 0.0811 e. The highest BCUT2D eigenvalue weighted by atomic mass is 16.5. The van der Waals surface area contributed by atoms with Crippen LogP contribution in [0.3, 0.4) is 0 Å². The molecule has 3 aliphatic carbocycles. The molecule has 2 N–H and O–H groups in total. The van der Waals surface area contributed by atoms with Crippen molar-refractivity contribution in [1.29, 1.82) is 0 Å². The molecule has 33 heavy (non-hydrogen) atoms. The first kappa shape index (κ1) is 25.2. The van der Waals surface area contributed by atoms with Crippen LogP contribution in [0.5, 0.6) is 0 Å². The highest BCUT2D eigenvalue weighted by Gasteiger charge is 2.51. The highest BCUT2D eigenvalue weighted by molar-refractivity contribution is 5.38. The summed E-state index contributed by atoms with van der Waals surface area (Å²) in [7, 11) is 0. The molecule has 4 nitrogen and oxygen atoms in total. The molecule has 0 aromatic rings. The molecule has 4 fully saturated rings. The minimum absolute atomic E-state index is 0.379. The van der Waals surface area contributed by atoms with Crippen LogP contribution >= 0.6 is 0 Å². The van der Waals surface area contributed by atoms with Crippen molar-refractivity contribution in [1.82, 2.24) is 4.90 Å². The molecule has 0 amide bonds. The lowest BCUT2D eigenvalue weighted by Crippen LogP contribution is -2.51. The van der Waals surface area contributed by atoms with Gasteiger partial charge in [0.2, 0.25) is 0 Å². The SMILES string of the molecule is C=C1/C(=C\C=C2/CCC[C@]3(C)[C@@H](C(C)CN4CCOC[C@H]4C(C)C)CC[C@@H]23)C[C@@H](O)C[C@@H]1O. The van der Waals surface area contributed by atoms with Gasteiger partial charge in [-0.25, -0.2) is 0 Å². The van der Waals surface area contributed by atoms with Crippen LogP contribution in [0.4, 0.5) is 0 Å². The Bertz CT molecular complexity index is 771. The van der Waals surface area contributed by atoms with E-state index in [1.54, 1.807) is 5.57 Å². The molecule has 0 aromatic heterocycles. The molecule has 1 unspecified atom stereocenters. The molecule has 0 aromatic carbocycles. The van der Waals surface area contributed by atoms with E-state index in [4.69, 9.17) is 4.74 Å². The van der Waals surface area contributed by atoms with E-state index in [0.717, 1.165) is 36.8 Å². The molecule has 186 valence electrons. The number of hydrogen-bond acceptors (Lipinski definition) is 4. The van der Waals surface area contributed by atoms with E-state index in [9.17, 15) is 10.2 Å². The monoisotopic (exact) mass is 457 g/mol. The number of rotatable bonds is 5. The van der Waals surface area contributed by atoms with Crippen LogP contribution in [0.2, 0.25) is 0 Å². The summed E-state index contributed by atoms with van der Waals surface area (Å²) >= 11 is 0. The topological polar surface area (TPSA) is 52.9 Å². The van der Waals surface area contributed by atoms with Crippen molar-refractivity contribution in [2.24, 2.45) is 29.1 Å². The van der Waals surface area contributed by atoms with Crippen molar-refractivity contribution in [3.05, 3.63) is 35.5 Å². The van der Waals surface area contributed by atoms with Crippen molar-refractivity contribution in [2.45, 2.75) is 90.9 Å². The summed E-state index contributed by atoms with van der Waals surface area (Å²) in [6.45, 7) is 17.8. The van der Waals surface area contributed by atoms with Gasteiger partial charge in [0.1, 0.15) is 0 Å². The Morgan fingerprint density at radius 1 is 1.21 bits per heavy atom. The number of hydrogen-bond donors (Lipinski definition) is 2. The minimum atomic E-state index is -0.610. The van der Waals surface area contributed by atoms with Gasteiger partial charge in [-0.15, -0.1) is 0 Å². The van der Waals surface area contributed by atoms with Crippen molar-refractivity contribution >= 4 is 0 Å². The second-order valence-corrected chi connectivity index (χ2v) is 12.0. The first-order chi connectivity index (χ1) is 15.7. The van der Waals surface area contributed by atoms with Gasteiger partial charge in [-0.2, -0.15) is 0 Å². The summed E-state index contributed by atoms with van der Waals surface area (Å²) < 4.78 is 5.81. The van der Waals surface area contributed by atoms with Crippen LogP contribution in [0.1, 0.15) is 72.6 Å². The molecule has 1 aliphatic heterocycles. The van der Waals surface area contributed by atoms with Gasteiger partial charge in [-0.3, -0.25) is 4.90 Å². The molecule has 1 heterocycles. The first-order valence-electron chi connectivity index (χ1n) is 13.5. The molecule has 0 bridgehead atoms. The van der Waals surface area contributed by atoms with Crippen LogP contribution in [0, 0.1) is 29.1 Å². The fraction of sp³-hybridized carbons (Fsp3) is 0.793. The third kappa shape index (κ3) is 5.19. The fourth-order valence-corrected chi connectivity index (χ4v) is 7.67. The minimum Gasteiger partial charge on any atom is -0.393 e. The van der Waals surface area contributed by atoms with Crippen LogP contribution in [0.15, 0.2) is 35.5 Å². The lowest BCUT2D eigenvalue weighted by atomic mass is 9.61. The fourth-order valence-electron chi connectivity index (χ4n) is 7.67. The lowest BCUT2D eigenvalue weighted by Gasteiger charge is -2.46. The predicted molar refractivity (Wildman–Crippen MR) is 135 cm³/mol. The van der Waals surface area contributed by atoms with Gasteiger partial charge in [0.05, 0.1) is 25.4 Å². The summed E-state index contributed by atoms with van der Waals surface area (Å²) in [6, 6.07) is 0.550. The van der Waals surface area contributed by atoms with E-state index in [1.807, 2.05) is 0 Å². The van der Waals surface area contributed by atoms with E-state index in [0.29, 0.717) is 42.1 Å². The lowest BCUT2D eigenvalue weighted by molar-refractivity contribution is -0.0389. The Labute approximate surface area is 201 Å². The molecule has 0 radical (unpaired) electrons. The maximum atomic E-state index is 10.2. The number of aliphatic hydroxyl groups is 2. The highest BCUT2D eigenvalue weighted by Crippen LogP contribution is 2.59. The second kappa shape index (κ2) is 10.4. The number of aliphatic hydroxyl groups excluding tert-OH is 2. The van der Waals surface area contributed by atoms with Crippen molar-refractivity contribution in [2.75, 3.05) is 26.3 Å². The van der Waals surface area contributed by atoms with Crippen molar-refractivity contribution < 1.29 is 14.9 Å². The Morgan fingerprint density at radius 2 is 2.00 bits per heavy atom. The molecule has 4 rings (SSSR count). The third-order valence-corrected chi connectivity index (χ3v) is 9.56. The average Bonchev–Trinajstić information content (AvgIpc) is 3.13. The average molecular weight is 458 g/mol. The number of ether oxygens (including phenoxy) is 1. The number of allylic oxidation sites excluding steroid dienone is 3. The summed E-state index contributed by atoms with van der Waals surface area (Å²) in [6.07, 6.45) is 10.8. The van der Waals surface area contributed by atoms with Crippen molar-refractivity contribution in [3.63, 3.8) is 0 Å². The van der Waals surface area contributed by atoms with Gasteiger partial charge in [-0.1, -0.05) is 52.0 Å². The number of nitrogens with zero attached hydrogens (tertiary/aromatic N) is 1. The Morgan fingerprint density at radius 3 is 2.76 bits per heavy atom. The predicted octanol–water partition coefficient (Wildman–Crippen LogP) is 5.12. The summed E-state index contributed by atoms with van der Waals surface area (Å²) in [5.41, 5.74) is 3.78. The Hall–Kier alpha value is -0.940. The number of morpholine rings is 1. The maximum Gasteiger partial charge on any atom is 0.0811 e. The summed E-state index contributed by atoms with van der Waals surface area (Å²) in [5, 5.41) is 20.3. The zero-order valence-corrected chi connectivity index (χ0v) is 21.4. The van der Waals surface area contributed by atoms with E-state index >= 15 is 0 Å². The second-order valence-electron chi connectivity index (χ2n) is 12.0. The molecule has 0 spiro atoms. The first-order valence-corrected chi connectivity index (χ1v) is 13.5. The van der Waals surface area contributed by atoms with E-state index in [1.165, 1.54) is 38.6 Å². The van der Waals surface area contributed by atoms with E-state index in [2.05, 4.69) is 51.3 Å². The normalized spacial score (nSPS) is 41.7. The molecular formula is C29H47NO3. The quantitative estimate of drug-likeness (QED) is 0.602. The van der Waals surface area contributed by atoms with Crippen molar-refractivity contribution in [3.8, 4) is 0 Å². The standard InChI is InChI=1S/C29H47NO3/c1-19(2)27-18-33-14-13-30(27)17-20(3)25-10-11-26-22(7-6-12-29(25,26)5)8-9-23-15-24(31)16-28(32)21(23)4/h8-9,19-20,24-28,31-32H,4,6-7,10-18H2,1-3,5H3/b22-8+,23-9-/t20?,24-,25-,26+,27+,28+,29-/m1/s1. The summed E-state index contributed by atoms with van der Waals surface area (Å²) in [5.74, 6) is 2.75. The van der Waals surface area contributed by atoms with Crippen LogP contribution in [-0.4, -0.2) is 59.7 Å². The largest absolute Gasteiger partial charge is 0.393 e. The molecule has 7 atom stereocenters. The Balaban J connectivity index is 1.47. The Kier molecular flexibility index (Phi) is 7.90. The van der Waals surface area contributed by atoms with Gasteiger partial charge >= 0.3 is 0 Å². The zero-order valence-electron chi connectivity index (χ0n) is 21.4. The van der Waals surface area contributed by atoms with E-state index in [-0.39, 0.29) is 0 Å². The van der Waals surface area contributed by atoms with Gasteiger partial charge in [0.15, 0.2) is 0 Å². The molecule has 4 aliphatic rings. The molecule has 1 saturated heterocycles. The maximum absolute atomic E-state index is 10.2. The van der Waals surface area contributed by atoms with Crippen LogP contribution in [0.25, 0.3) is 0 Å². The van der Waals surface area contributed by atoms with Gasteiger partial charge in [0, 0.05) is 25.6 Å². The third-order valence-electron chi connectivity index (χ3n) is 9.56.